The van der Waals surface area contributed by atoms with Crippen LogP contribution in [0.4, 0.5) is 0 Å². The Morgan fingerprint density at radius 3 is 2.47 bits per heavy atom. The molecular formula is C28H32N2O2. The Bertz CT molecular complexity index is 1120. The molecule has 0 aromatic heterocycles. The number of hydrogen-bond acceptors (Lipinski definition) is 4. The highest BCUT2D eigenvalue weighted by molar-refractivity contribution is 6.01. The molecule has 0 amide bonds. The summed E-state index contributed by atoms with van der Waals surface area (Å²) in [6.45, 7) is 8.83. The summed E-state index contributed by atoms with van der Waals surface area (Å²) in [5.41, 5.74) is 7.92. The number of benzene rings is 3. The zero-order chi connectivity index (χ0) is 22.7. The number of para-hydroxylation sites is 1. The van der Waals surface area contributed by atoms with Gasteiger partial charge in [0, 0.05) is 23.7 Å². The SMILES string of the molecule is CCOc1cccc([C@@H]2CC(c3ccc(CC)cc3)=N[C@H](c3ccc(C)cc3C)N2)c1O. The van der Waals surface area contributed by atoms with Gasteiger partial charge in [-0.25, -0.2) is 0 Å². The molecule has 3 aromatic carbocycles. The first-order valence-electron chi connectivity index (χ1n) is 11.4. The molecule has 0 radical (unpaired) electrons. The summed E-state index contributed by atoms with van der Waals surface area (Å²) < 4.78 is 5.64. The van der Waals surface area contributed by atoms with Gasteiger partial charge in [-0.05, 0) is 55.5 Å². The number of nitrogens with zero attached hydrogens (tertiary/aromatic N) is 1. The summed E-state index contributed by atoms with van der Waals surface area (Å²) in [4.78, 5) is 5.13. The maximum atomic E-state index is 10.9. The lowest BCUT2D eigenvalue weighted by molar-refractivity contribution is 0.313. The summed E-state index contributed by atoms with van der Waals surface area (Å²) in [7, 11) is 0. The minimum atomic E-state index is -0.189. The van der Waals surface area contributed by atoms with Crippen LogP contribution in [-0.4, -0.2) is 17.4 Å². The molecule has 4 heteroatoms. The first-order chi connectivity index (χ1) is 15.5. The average molecular weight is 429 g/mol. The Labute approximate surface area is 191 Å². The van der Waals surface area contributed by atoms with Gasteiger partial charge in [-0.2, -0.15) is 0 Å². The van der Waals surface area contributed by atoms with Crippen molar-refractivity contribution >= 4 is 5.71 Å². The standard InChI is InChI=1S/C28H32N2O2/c1-5-20-11-13-21(14-12-20)24-17-25(23-8-7-9-26(27(23)31)32-6-2)30-28(29-24)22-15-10-18(3)16-19(22)4/h7-16,25,28,30-31H,5-6,17H2,1-4H3/t25-,28-/m0/s1. The van der Waals surface area contributed by atoms with Crippen molar-refractivity contribution in [2.24, 2.45) is 4.99 Å². The minimum absolute atomic E-state index is 0.0838. The van der Waals surface area contributed by atoms with Gasteiger partial charge in [0.2, 0.25) is 0 Å². The predicted octanol–water partition coefficient (Wildman–Crippen LogP) is 6.19. The van der Waals surface area contributed by atoms with Crippen molar-refractivity contribution in [3.05, 3.63) is 94.0 Å². The van der Waals surface area contributed by atoms with Crippen LogP contribution >= 0.6 is 0 Å². The Balaban J connectivity index is 1.77. The summed E-state index contributed by atoms with van der Waals surface area (Å²) in [6, 6.07) is 20.8. The highest BCUT2D eigenvalue weighted by Gasteiger charge is 2.29. The van der Waals surface area contributed by atoms with E-state index in [0.29, 0.717) is 18.8 Å². The molecule has 3 aromatic rings. The Hall–Kier alpha value is -3.11. The van der Waals surface area contributed by atoms with Crippen LogP contribution in [0.5, 0.6) is 11.5 Å². The van der Waals surface area contributed by atoms with Crippen molar-refractivity contribution in [2.45, 2.75) is 52.7 Å². The lowest BCUT2D eigenvalue weighted by atomic mass is 9.92. The maximum absolute atomic E-state index is 10.9. The van der Waals surface area contributed by atoms with E-state index in [4.69, 9.17) is 9.73 Å². The zero-order valence-corrected chi connectivity index (χ0v) is 19.4. The molecular weight excluding hydrogens is 396 g/mol. The number of aryl methyl sites for hydroxylation is 3. The number of hydrogen-bond donors (Lipinski definition) is 2. The molecule has 32 heavy (non-hydrogen) atoms. The molecule has 2 atom stereocenters. The van der Waals surface area contributed by atoms with E-state index in [0.717, 1.165) is 28.8 Å². The first kappa shape index (κ1) is 22.1. The molecule has 0 aliphatic carbocycles. The highest BCUT2D eigenvalue weighted by atomic mass is 16.5. The second kappa shape index (κ2) is 9.58. The monoisotopic (exact) mass is 428 g/mol. The van der Waals surface area contributed by atoms with Crippen LogP contribution in [0.1, 0.15) is 65.9 Å². The Morgan fingerprint density at radius 1 is 1.00 bits per heavy atom. The van der Waals surface area contributed by atoms with E-state index < -0.39 is 0 Å². The number of aliphatic imine (C=N–C) groups is 1. The fourth-order valence-electron chi connectivity index (χ4n) is 4.40. The lowest BCUT2D eigenvalue weighted by Crippen LogP contribution is -2.33. The molecule has 2 N–H and O–H groups in total. The number of phenols is 1. The van der Waals surface area contributed by atoms with Crippen molar-refractivity contribution in [1.29, 1.82) is 0 Å². The lowest BCUT2D eigenvalue weighted by Gasteiger charge is -2.32. The topological polar surface area (TPSA) is 53.8 Å². The third kappa shape index (κ3) is 4.56. The number of phenolic OH excluding ortho intramolecular Hbond substituents is 1. The molecule has 0 unspecified atom stereocenters. The fourth-order valence-corrected chi connectivity index (χ4v) is 4.40. The first-order valence-corrected chi connectivity index (χ1v) is 11.4. The van der Waals surface area contributed by atoms with Crippen LogP contribution in [0.15, 0.2) is 65.7 Å². The number of nitrogens with one attached hydrogen (secondary N) is 1. The van der Waals surface area contributed by atoms with E-state index in [9.17, 15) is 5.11 Å². The van der Waals surface area contributed by atoms with Gasteiger partial charge in [0.05, 0.1) is 6.61 Å². The third-order valence-corrected chi connectivity index (χ3v) is 6.16. The third-order valence-electron chi connectivity index (χ3n) is 6.16. The number of aromatic hydroxyl groups is 1. The van der Waals surface area contributed by atoms with Crippen molar-refractivity contribution in [3.63, 3.8) is 0 Å². The van der Waals surface area contributed by atoms with Crippen LogP contribution in [0.3, 0.4) is 0 Å². The van der Waals surface area contributed by atoms with Crippen LogP contribution < -0.4 is 10.1 Å². The summed E-state index contributed by atoms with van der Waals surface area (Å²) in [5, 5.41) is 14.6. The molecule has 0 bridgehead atoms. The molecule has 4 rings (SSSR count). The van der Waals surface area contributed by atoms with E-state index in [1.807, 2.05) is 25.1 Å². The normalized spacial score (nSPS) is 18.3. The van der Waals surface area contributed by atoms with Crippen LogP contribution in [0.2, 0.25) is 0 Å². The maximum Gasteiger partial charge on any atom is 0.162 e. The summed E-state index contributed by atoms with van der Waals surface area (Å²) in [6.07, 6.45) is 1.52. The Morgan fingerprint density at radius 2 is 1.78 bits per heavy atom. The van der Waals surface area contributed by atoms with Crippen LogP contribution in [0, 0.1) is 13.8 Å². The van der Waals surface area contributed by atoms with Gasteiger partial charge in [0.15, 0.2) is 11.5 Å². The molecule has 1 aliphatic rings. The van der Waals surface area contributed by atoms with Gasteiger partial charge in [0.1, 0.15) is 6.17 Å². The molecule has 0 saturated carbocycles. The van der Waals surface area contributed by atoms with Crippen molar-refractivity contribution in [3.8, 4) is 11.5 Å². The fraction of sp³-hybridized carbons (Fsp3) is 0.321. The van der Waals surface area contributed by atoms with E-state index in [1.165, 1.54) is 16.7 Å². The number of rotatable bonds is 6. The predicted molar refractivity (Wildman–Crippen MR) is 131 cm³/mol. The quantitative estimate of drug-likeness (QED) is 0.492. The smallest absolute Gasteiger partial charge is 0.162 e. The molecule has 0 spiro atoms. The molecule has 166 valence electrons. The largest absolute Gasteiger partial charge is 0.504 e. The number of ether oxygens (including phenoxy) is 1. The average Bonchev–Trinajstić information content (AvgIpc) is 2.80. The summed E-state index contributed by atoms with van der Waals surface area (Å²) in [5.74, 6) is 0.722. The van der Waals surface area contributed by atoms with Gasteiger partial charge in [-0.1, -0.05) is 67.1 Å². The Kier molecular flexibility index (Phi) is 6.61. The molecule has 4 nitrogen and oxygen atoms in total. The van der Waals surface area contributed by atoms with E-state index >= 15 is 0 Å². The van der Waals surface area contributed by atoms with Crippen LogP contribution in [0.25, 0.3) is 0 Å². The summed E-state index contributed by atoms with van der Waals surface area (Å²) >= 11 is 0. The second-order valence-electron chi connectivity index (χ2n) is 8.44. The zero-order valence-electron chi connectivity index (χ0n) is 19.4. The highest BCUT2D eigenvalue weighted by Crippen LogP contribution is 2.39. The van der Waals surface area contributed by atoms with Crippen molar-refractivity contribution < 1.29 is 9.84 Å². The minimum Gasteiger partial charge on any atom is -0.504 e. The van der Waals surface area contributed by atoms with Gasteiger partial charge < -0.3 is 9.84 Å². The van der Waals surface area contributed by atoms with E-state index in [2.05, 4.69) is 68.6 Å². The van der Waals surface area contributed by atoms with Crippen molar-refractivity contribution in [2.75, 3.05) is 6.61 Å². The molecule has 0 saturated heterocycles. The second-order valence-corrected chi connectivity index (χ2v) is 8.44. The van der Waals surface area contributed by atoms with E-state index in [1.54, 1.807) is 0 Å². The van der Waals surface area contributed by atoms with Gasteiger partial charge >= 0.3 is 0 Å². The van der Waals surface area contributed by atoms with Gasteiger partial charge in [-0.15, -0.1) is 0 Å². The van der Waals surface area contributed by atoms with Gasteiger partial charge in [0.25, 0.3) is 0 Å². The van der Waals surface area contributed by atoms with E-state index in [-0.39, 0.29) is 18.0 Å². The van der Waals surface area contributed by atoms with Gasteiger partial charge in [-0.3, -0.25) is 10.3 Å². The van der Waals surface area contributed by atoms with Crippen LogP contribution in [-0.2, 0) is 6.42 Å². The molecule has 1 aliphatic heterocycles. The molecule has 0 fully saturated rings. The molecule has 1 heterocycles. The van der Waals surface area contributed by atoms with Crippen molar-refractivity contribution in [1.82, 2.24) is 5.32 Å².